The van der Waals surface area contributed by atoms with Gasteiger partial charge in [0.1, 0.15) is 11.5 Å². The van der Waals surface area contributed by atoms with Gasteiger partial charge in [-0.05, 0) is 30.7 Å². The van der Waals surface area contributed by atoms with Crippen LogP contribution in [-0.2, 0) is 13.1 Å². The van der Waals surface area contributed by atoms with E-state index in [1.807, 2.05) is 31.2 Å². The van der Waals surface area contributed by atoms with Gasteiger partial charge in [0.05, 0.1) is 13.2 Å². The van der Waals surface area contributed by atoms with E-state index in [4.69, 9.17) is 10.5 Å². The fourth-order valence-electron chi connectivity index (χ4n) is 2.16. The second-order valence-corrected chi connectivity index (χ2v) is 5.29. The van der Waals surface area contributed by atoms with E-state index in [1.54, 1.807) is 0 Å². The molecular weight excluding hydrogens is 347 g/mol. The van der Waals surface area contributed by atoms with E-state index >= 15 is 0 Å². The van der Waals surface area contributed by atoms with E-state index in [2.05, 4.69) is 15.0 Å². The van der Waals surface area contributed by atoms with Gasteiger partial charge in [0.15, 0.2) is 5.96 Å². The van der Waals surface area contributed by atoms with Crippen LogP contribution >= 0.6 is 0 Å². The third kappa shape index (κ3) is 6.54. The van der Waals surface area contributed by atoms with Crippen LogP contribution in [0.3, 0.4) is 0 Å². The van der Waals surface area contributed by atoms with Gasteiger partial charge >= 0.3 is 6.36 Å². The van der Waals surface area contributed by atoms with Gasteiger partial charge in [-0.1, -0.05) is 30.3 Å². The molecule has 0 unspecified atom stereocenters. The molecule has 0 heterocycles. The van der Waals surface area contributed by atoms with Crippen molar-refractivity contribution >= 4 is 5.96 Å². The molecule has 0 aromatic heterocycles. The van der Waals surface area contributed by atoms with Gasteiger partial charge in [-0.25, -0.2) is 4.99 Å². The van der Waals surface area contributed by atoms with E-state index in [1.165, 1.54) is 24.3 Å². The van der Waals surface area contributed by atoms with Crippen LogP contribution in [0, 0.1) is 0 Å². The number of nitrogens with zero attached hydrogens (tertiary/aromatic N) is 1. The molecule has 0 bridgehead atoms. The number of hydrogen-bond acceptors (Lipinski definition) is 3. The zero-order valence-corrected chi connectivity index (χ0v) is 14.2. The maximum atomic E-state index is 12.1. The fourth-order valence-corrected chi connectivity index (χ4v) is 2.16. The molecule has 2 aromatic rings. The van der Waals surface area contributed by atoms with Crippen molar-refractivity contribution in [1.82, 2.24) is 5.32 Å². The first-order valence-electron chi connectivity index (χ1n) is 7.96. The van der Waals surface area contributed by atoms with E-state index in [0.29, 0.717) is 18.7 Å². The second-order valence-electron chi connectivity index (χ2n) is 5.29. The van der Waals surface area contributed by atoms with Crippen LogP contribution in [0.15, 0.2) is 53.5 Å². The van der Waals surface area contributed by atoms with Crippen LogP contribution in [0.5, 0.6) is 11.5 Å². The lowest BCUT2D eigenvalue weighted by Crippen LogP contribution is -2.31. The first-order valence-corrected chi connectivity index (χ1v) is 7.96. The van der Waals surface area contributed by atoms with Crippen LogP contribution < -0.4 is 20.5 Å². The number of guanidine groups is 1. The molecule has 2 rings (SSSR count). The van der Waals surface area contributed by atoms with Crippen LogP contribution in [0.25, 0.3) is 0 Å². The Labute approximate surface area is 149 Å². The number of aliphatic imine (C=N–C) groups is 1. The molecule has 0 aliphatic heterocycles. The summed E-state index contributed by atoms with van der Waals surface area (Å²) in [4.78, 5) is 4.17. The van der Waals surface area contributed by atoms with Crippen molar-refractivity contribution in [3.63, 3.8) is 0 Å². The zero-order chi connectivity index (χ0) is 19.0. The molecule has 26 heavy (non-hydrogen) atoms. The molecular formula is C18H20F3N3O2. The number of halogens is 3. The molecule has 5 nitrogen and oxygen atoms in total. The highest BCUT2D eigenvalue weighted by Crippen LogP contribution is 2.23. The summed E-state index contributed by atoms with van der Waals surface area (Å²) in [6.07, 6.45) is -4.70. The number of alkyl halides is 3. The largest absolute Gasteiger partial charge is 0.573 e. The van der Waals surface area contributed by atoms with Crippen molar-refractivity contribution in [1.29, 1.82) is 0 Å². The maximum Gasteiger partial charge on any atom is 0.573 e. The van der Waals surface area contributed by atoms with Crippen LogP contribution in [0.2, 0.25) is 0 Å². The highest BCUT2D eigenvalue weighted by atomic mass is 19.4. The summed E-state index contributed by atoms with van der Waals surface area (Å²) >= 11 is 0. The predicted molar refractivity (Wildman–Crippen MR) is 92.9 cm³/mol. The third-order valence-electron chi connectivity index (χ3n) is 3.32. The lowest BCUT2D eigenvalue weighted by molar-refractivity contribution is -0.274. The van der Waals surface area contributed by atoms with Gasteiger partial charge in [0.25, 0.3) is 0 Å². The number of benzene rings is 2. The van der Waals surface area contributed by atoms with Gasteiger partial charge in [-0.15, -0.1) is 13.2 Å². The average molecular weight is 367 g/mol. The van der Waals surface area contributed by atoms with Crippen molar-refractivity contribution in [2.75, 3.05) is 6.61 Å². The van der Waals surface area contributed by atoms with E-state index in [0.717, 1.165) is 11.3 Å². The Kier molecular flexibility index (Phi) is 6.71. The van der Waals surface area contributed by atoms with Gasteiger partial charge in [0, 0.05) is 12.1 Å². The Morgan fingerprint density at radius 3 is 2.46 bits per heavy atom. The average Bonchev–Trinajstić information content (AvgIpc) is 2.59. The van der Waals surface area contributed by atoms with Crippen molar-refractivity contribution < 1.29 is 22.6 Å². The normalized spacial score (nSPS) is 11.9. The summed E-state index contributed by atoms with van der Waals surface area (Å²) < 4.78 is 45.7. The number of nitrogens with two attached hydrogens (primary N) is 1. The highest BCUT2D eigenvalue weighted by molar-refractivity contribution is 5.77. The molecule has 0 spiro atoms. The smallest absolute Gasteiger partial charge is 0.494 e. The third-order valence-corrected chi connectivity index (χ3v) is 3.32. The molecule has 140 valence electrons. The quantitative estimate of drug-likeness (QED) is 0.580. The molecule has 0 amide bonds. The lowest BCUT2D eigenvalue weighted by atomic mass is 10.2. The van der Waals surface area contributed by atoms with Crippen LogP contribution in [0.4, 0.5) is 13.2 Å². The minimum atomic E-state index is -4.70. The summed E-state index contributed by atoms with van der Waals surface area (Å²) in [6, 6.07) is 13.1. The summed E-state index contributed by atoms with van der Waals surface area (Å²) in [5, 5.41) is 2.98. The van der Waals surface area contributed by atoms with E-state index in [9.17, 15) is 13.2 Å². The molecule has 2 aromatic carbocycles. The van der Waals surface area contributed by atoms with Crippen LogP contribution in [0.1, 0.15) is 18.1 Å². The molecule has 0 radical (unpaired) electrons. The van der Waals surface area contributed by atoms with Crippen molar-refractivity contribution in [2.24, 2.45) is 10.7 Å². The van der Waals surface area contributed by atoms with Gasteiger partial charge in [-0.2, -0.15) is 0 Å². The van der Waals surface area contributed by atoms with Gasteiger partial charge in [0.2, 0.25) is 0 Å². The Morgan fingerprint density at radius 2 is 1.81 bits per heavy atom. The number of ether oxygens (including phenoxy) is 2. The van der Waals surface area contributed by atoms with E-state index < -0.39 is 6.36 Å². The standard InChI is InChI=1S/C18H20F3N3O2/c1-2-25-16-6-4-3-5-14(16)12-24-17(22)23-11-13-7-9-15(10-8-13)26-18(19,20)21/h3-10H,2,11-12H2,1H3,(H3,22,23,24). The number of rotatable bonds is 7. The molecule has 0 aliphatic carbocycles. The molecule has 3 N–H and O–H groups in total. The first-order chi connectivity index (χ1) is 12.4. The van der Waals surface area contributed by atoms with Crippen molar-refractivity contribution in [3.8, 4) is 11.5 Å². The zero-order valence-electron chi connectivity index (χ0n) is 14.2. The SMILES string of the molecule is CCOc1ccccc1CNC(N)=NCc1ccc(OC(F)(F)F)cc1. The predicted octanol–water partition coefficient (Wildman–Crippen LogP) is 3.59. The highest BCUT2D eigenvalue weighted by Gasteiger charge is 2.30. The molecule has 8 heteroatoms. The Bertz CT molecular complexity index is 731. The number of nitrogens with one attached hydrogen (secondary N) is 1. The minimum absolute atomic E-state index is 0.229. The topological polar surface area (TPSA) is 68.9 Å². The van der Waals surface area contributed by atoms with Crippen molar-refractivity contribution in [3.05, 3.63) is 59.7 Å². The van der Waals surface area contributed by atoms with Crippen molar-refractivity contribution in [2.45, 2.75) is 26.4 Å². The van der Waals surface area contributed by atoms with E-state index in [-0.39, 0.29) is 18.3 Å². The van der Waals surface area contributed by atoms with Crippen LogP contribution in [-0.4, -0.2) is 18.9 Å². The molecule has 0 saturated carbocycles. The fraction of sp³-hybridized carbons (Fsp3) is 0.278. The molecule has 0 fully saturated rings. The summed E-state index contributed by atoms with van der Waals surface area (Å²) in [6.45, 7) is 3.15. The Hall–Kier alpha value is -2.90. The van der Waals surface area contributed by atoms with Gasteiger partial charge in [-0.3, -0.25) is 0 Å². The lowest BCUT2D eigenvalue weighted by Gasteiger charge is -2.11. The monoisotopic (exact) mass is 367 g/mol. The minimum Gasteiger partial charge on any atom is -0.494 e. The summed E-state index contributed by atoms with van der Waals surface area (Å²) in [5.74, 6) is 0.728. The number of hydrogen-bond donors (Lipinski definition) is 2. The number of para-hydroxylation sites is 1. The summed E-state index contributed by atoms with van der Waals surface area (Å²) in [5.41, 5.74) is 7.48. The molecule has 0 saturated heterocycles. The molecule has 0 atom stereocenters. The second kappa shape index (κ2) is 8.98. The maximum absolute atomic E-state index is 12.1. The molecule has 0 aliphatic rings. The first kappa shape index (κ1) is 19.4. The Balaban J connectivity index is 1.88. The Morgan fingerprint density at radius 1 is 1.12 bits per heavy atom. The van der Waals surface area contributed by atoms with Gasteiger partial charge < -0.3 is 20.5 Å². The summed E-state index contributed by atoms with van der Waals surface area (Å²) in [7, 11) is 0.